The average Bonchev–Trinajstić information content (AvgIpc) is 3.55. The van der Waals surface area contributed by atoms with Gasteiger partial charge in [-0.25, -0.2) is 0 Å². The van der Waals surface area contributed by atoms with Crippen LogP contribution in [0.4, 0.5) is 0 Å². The monoisotopic (exact) mass is 464 g/mol. The van der Waals surface area contributed by atoms with Gasteiger partial charge in [-0.2, -0.15) is 0 Å². The first-order valence-electron chi connectivity index (χ1n) is 12.5. The number of rotatable bonds is 7. The molecule has 2 saturated carbocycles. The number of β-amino-alcohol motifs (C(OH)–C–C–N with tert-alkyl or cyclic N) is 1. The van der Waals surface area contributed by atoms with E-state index in [0.717, 1.165) is 60.9 Å². The number of fused-ring (bicyclic) bond motifs is 1. The fourth-order valence-corrected chi connectivity index (χ4v) is 6.11. The minimum Gasteiger partial charge on any atom is -0.497 e. The highest BCUT2D eigenvalue weighted by Crippen LogP contribution is 2.52. The molecule has 6 heteroatoms. The average molecular weight is 465 g/mol. The summed E-state index contributed by atoms with van der Waals surface area (Å²) in [6.45, 7) is 4.64. The summed E-state index contributed by atoms with van der Waals surface area (Å²) < 4.78 is 10.8. The van der Waals surface area contributed by atoms with E-state index < -0.39 is 11.0 Å². The van der Waals surface area contributed by atoms with Gasteiger partial charge < -0.3 is 24.5 Å². The molecule has 6 nitrogen and oxygen atoms in total. The largest absolute Gasteiger partial charge is 0.497 e. The number of likely N-dealkylation sites (tertiary alicyclic amines) is 1. The summed E-state index contributed by atoms with van der Waals surface area (Å²) in [5.74, 6) is 2.29. The zero-order valence-corrected chi connectivity index (χ0v) is 20.3. The van der Waals surface area contributed by atoms with Crippen molar-refractivity contribution >= 4 is 12.0 Å². The van der Waals surface area contributed by atoms with Gasteiger partial charge >= 0.3 is 0 Å². The van der Waals surface area contributed by atoms with Crippen LogP contribution < -0.4 is 10.1 Å². The standard InChI is InChI=1S/C28H36N2O4/c1-20-22(11-15-34-20)8-9-26(31)29-24-10-12-28(32)19-30(18-21-6-7-21)14-13-27(28,17-24)23-4-3-5-25(16-23)33-2/h3-5,8-9,11,15-16,21,24,32H,6-7,10,12-14,17-19H2,1-2H3,(H,29,31)/t24-,27+,28+/m1/s1. The minimum absolute atomic E-state index is 0.00375. The molecule has 2 heterocycles. The van der Waals surface area contributed by atoms with E-state index in [1.54, 1.807) is 25.5 Å². The molecule has 3 fully saturated rings. The maximum absolute atomic E-state index is 12.8. The van der Waals surface area contributed by atoms with Crippen molar-refractivity contribution in [3.63, 3.8) is 0 Å². The smallest absolute Gasteiger partial charge is 0.244 e. The third kappa shape index (κ3) is 4.53. The van der Waals surface area contributed by atoms with E-state index in [-0.39, 0.29) is 11.9 Å². The molecule has 1 aromatic carbocycles. The van der Waals surface area contributed by atoms with E-state index in [1.807, 2.05) is 25.1 Å². The number of carbonyl (C=O) groups excluding carboxylic acids is 1. The molecule has 2 aliphatic carbocycles. The number of aliphatic hydroxyl groups is 1. The number of piperidine rings is 1. The fraction of sp³-hybridized carbons (Fsp3) is 0.536. The van der Waals surface area contributed by atoms with Crippen LogP contribution in [0.5, 0.6) is 5.75 Å². The van der Waals surface area contributed by atoms with E-state index in [4.69, 9.17) is 9.15 Å². The van der Waals surface area contributed by atoms with Crippen LogP contribution in [0.2, 0.25) is 0 Å². The second-order valence-corrected chi connectivity index (χ2v) is 10.5. The number of benzene rings is 1. The summed E-state index contributed by atoms with van der Waals surface area (Å²) in [6.07, 6.45) is 10.7. The van der Waals surface area contributed by atoms with Crippen molar-refractivity contribution in [2.24, 2.45) is 5.92 Å². The Balaban J connectivity index is 1.37. The summed E-state index contributed by atoms with van der Waals surface area (Å²) in [4.78, 5) is 15.2. The zero-order chi connectivity index (χ0) is 23.8. The van der Waals surface area contributed by atoms with Crippen molar-refractivity contribution < 1.29 is 19.1 Å². The van der Waals surface area contributed by atoms with Crippen molar-refractivity contribution in [2.75, 3.05) is 26.7 Å². The third-order valence-corrected chi connectivity index (χ3v) is 8.23. The number of amides is 1. The van der Waals surface area contributed by atoms with Crippen LogP contribution in [-0.2, 0) is 10.2 Å². The van der Waals surface area contributed by atoms with Crippen LogP contribution in [0.3, 0.4) is 0 Å². The maximum atomic E-state index is 12.8. The van der Waals surface area contributed by atoms with Crippen molar-refractivity contribution in [3.8, 4) is 5.75 Å². The molecule has 1 aliphatic heterocycles. The highest BCUT2D eigenvalue weighted by molar-refractivity contribution is 5.92. The Kier molecular flexibility index (Phi) is 6.30. The number of hydrogen-bond donors (Lipinski definition) is 2. The molecule has 182 valence electrons. The SMILES string of the molecule is COc1cccc([C@@]23CCN(CC4CC4)C[C@@]2(O)CC[C@@H](NC(=O)C=Cc2ccoc2C)C3)c1. The van der Waals surface area contributed by atoms with Crippen LogP contribution in [-0.4, -0.2) is 54.3 Å². The topological polar surface area (TPSA) is 74.9 Å². The maximum Gasteiger partial charge on any atom is 0.244 e. The predicted octanol–water partition coefficient (Wildman–Crippen LogP) is 4.06. The molecule has 1 aromatic heterocycles. The van der Waals surface area contributed by atoms with E-state index >= 15 is 0 Å². The van der Waals surface area contributed by atoms with Crippen LogP contribution in [0.15, 0.2) is 47.1 Å². The molecule has 1 amide bonds. The lowest BCUT2D eigenvalue weighted by atomic mass is 9.55. The minimum atomic E-state index is -0.822. The van der Waals surface area contributed by atoms with Crippen LogP contribution in [0.25, 0.3) is 6.08 Å². The lowest BCUT2D eigenvalue weighted by Gasteiger charge is -2.58. The van der Waals surface area contributed by atoms with Gasteiger partial charge in [0.2, 0.25) is 5.91 Å². The van der Waals surface area contributed by atoms with Gasteiger partial charge in [-0.1, -0.05) is 12.1 Å². The fourth-order valence-electron chi connectivity index (χ4n) is 6.11. The second-order valence-electron chi connectivity index (χ2n) is 10.5. The number of furan rings is 1. The molecular weight excluding hydrogens is 428 g/mol. The van der Waals surface area contributed by atoms with Gasteiger partial charge in [0.15, 0.2) is 0 Å². The van der Waals surface area contributed by atoms with Gasteiger partial charge in [0.05, 0.1) is 19.0 Å². The first-order chi connectivity index (χ1) is 16.4. The number of methoxy groups -OCH3 is 1. The summed E-state index contributed by atoms with van der Waals surface area (Å²) in [6, 6.07) is 10.0. The van der Waals surface area contributed by atoms with Crippen LogP contribution in [0, 0.1) is 12.8 Å². The summed E-state index contributed by atoms with van der Waals surface area (Å²) in [5.41, 5.74) is 0.785. The van der Waals surface area contributed by atoms with Crippen LogP contribution in [0.1, 0.15) is 55.4 Å². The molecule has 0 bridgehead atoms. The van der Waals surface area contributed by atoms with Gasteiger partial charge in [-0.3, -0.25) is 4.79 Å². The molecule has 2 N–H and O–H groups in total. The summed E-state index contributed by atoms with van der Waals surface area (Å²) in [5, 5.41) is 15.4. The first-order valence-corrected chi connectivity index (χ1v) is 12.5. The molecule has 0 unspecified atom stereocenters. The number of nitrogens with zero attached hydrogens (tertiary/aromatic N) is 1. The summed E-state index contributed by atoms with van der Waals surface area (Å²) in [7, 11) is 1.68. The number of hydrogen-bond acceptors (Lipinski definition) is 5. The molecular formula is C28H36N2O4. The summed E-state index contributed by atoms with van der Waals surface area (Å²) >= 11 is 0. The van der Waals surface area contributed by atoms with Crippen molar-refractivity contribution in [2.45, 2.75) is 62.5 Å². The Morgan fingerprint density at radius 3 is 2.88 bits per heavy atom. The number of carbonyl (C=O) groups is 1. The van der Waals surface area contributed by atoms with E-state index in [9.17, 15) is 9.90 Å². The van der Waals surface area contributed by atoms with Crippen molar-refractivity contribution in [1.29, 1.82) is 0 Å². The number of ether oxygens (including phenoxy) is 1. The molecule has 0 radical (unpaired) electrons. The molecule has 3 aliphatic rings. The Hall–Kier alpha value is -2.57. The quantitative estimate of drug-likeness (QED) is 0.605. The van der Waals surface area contributed by atoms with E-state index in [0.29, 0.717) is 13.0 Å². The van der Waals surface area contributed by atoms with Crippen LogP contribution >= 0.6 is 0 Å². The number of nitrogens with one attached hydrogen (secondary N) is 1. The Bertz CT molecular complexity index is 1060. The second kappa shape index (κ2) is 9.23. The highest BCUT2D eigenvalue weighted by Gasteiger charge is 2.57. The van der Waals surface area contributed by atoms with Gasteiger partial charge in [-0.05, 0) is 87.7 Å². The Morgan fingerprint density at radius 2 is 2.15 bits per heavy atom. The molecule has 34 heavy (non-hydrogen) atoms. The lowest BCUT2D eigenvalue weighted by Crippen LogP contribution is -2.67. The lowest BCUT2D eigenvalue weighted by molar-refractivity contribution is -0.132. The highest BCUT2D eigenvalue weighted by atomic mass is 16.5. The Labute approximate surface area is 202 Å². The molecule has 5 rings (SSSR count). The van der Waals surface area contributed by atoms with Gasteiger partial charge in [-0.15, -0.1) is 0 Å². The molecule has 3 atom stereocenters. The molecule has 2 aromatic rings. The van der Waals surface area contributed by atoms with E-state index in [2.05, 4.69) is 22.3 Å². The predicted molar refractivity (Wildman–Crippen MR) is 132 cm³/mol. The van der Waals surface area contributed by atoms with Gasteiger partial charge in [0, 0.05) is 36.2 Å². The third-order valence-electron chi connectivity index (χ3n) is 8.23. The number of aryl methyl sites for hydroxylation is 1. The first kappa shape index (κ1) is 23.2. The van der Waals surface area contributed by atoms with Crippen molar-refractivity contribution in [1.82, 2.24) is 10.2 Å². The van der Waals surface area contributed by atoms with Gasteiger partial charge in [0.25, 0.3) is 0 Å². The molecule has 0 spiro atoms. The van der Waals surface area contributed by atoms with Crippen molar-refractivity contribution in [3.05, 3.63) is 59.6 Å². The Morgan fingerprint density at radius 1 is 1.29 bits per heavy atom. The zero-order valence-electron chi connectivity index (χ0n) is 20.3. The molecule has 1 saturated heterocycles. The normalized spacial score (nSPS) is 29.7. The van der Waals surface area contributed by atoms with E-state index in [1.165, 1.54) is 12.8 Å². The van der Waals surface area contributed by atoms with Gasteiger partial charge in [0.1, 0.15) is 11.5 Å².